The summed E-state index contributed by atoms with van der Waals surface area (Å²) in [4.78, 5) is 0. The predicted octanol–water partition coefficient (Wildman–Crippen LogP) is 2.19. The van der Waals surface area contributed by atoms with E-state index in [1.807, 2.05) is 17.9 Å². The summed E-state index contributed by atoms with van der Waals surface area (Å²) in [5.74, 6) is 0.801. The molecule has 3 heteroatoms. The number of hydrogen-bond acceptors (Lipinski definition) is 1. The van der Waals surface area contributed by atoms with Crippen molar-refractivity contribution in [3.63, 3.8) is 0 Å². The van der Waals surface area contributed by atoms with Crippen LogP contribution in [0.4, 0.5) is 0 Å². The standard InChI is InChI=1S/C8H11BrN2/c1-11-8(6-2-3-6)7(4-9)5-10-11/h5-6H,2-4H2,1H3. The summed E-state index contributed by atoms with van der Waals surface area (Å²) in [6.07, 6.45) is 4.65. The van der Waals surface area contributed by atoms with E-state index in [1.54, 1.807) is 0 Å². The normalized spacial score (nSPS) is 17.3. The molecule has 2 rings (SSSR count). The molecule has 0 N–H and O–H groups in total. The Morgan fingerprint density at radius 1 is 1.73 bits per heavy atom. The van der Waals surface area contributed by atoms with E-state index >= 15 is 0 Å². The lowest BCUT2D eigenvalue weighted by atomic mass is 10.2. The van der Waals surface area contributed by atoms with Gasteiger partial charge in [-0.3, -0.25) is 4.68 Å². The van der Waals surface area contributed by atoms with Gasteiger partial charge >= 0.3 is 0 Å². The van der Waals surface area contributed by atoms with E-state index in [1.165, 1.54) is 24.1 Å². The highest BCUT2D eigenvalue weighted by Crippen LogP contribution is 2.41. The first kappa shape index (κ1) is 7.35. The Morgan fingerprint density at radius 3 is 3.00 bits per heavy atom. The molecule has 1 heterocycles. The Kier molecular flexibility index (Phi) is 1.75. The molecule has 60 valence electrons. The summed E-state index contributed by atoms with van der Waals surface area (Å²) >= 11 is 3.46. The lowest BCUT2D eigenvalue weighted by Gasteiger charge is -2.00. The molecule has 0 amide bonds. The minimum Gasteiger partial charge on any atom is -0.272 e. The highest BCUT2D eigenvalue weighted by molar-refractivity contribution is 9.08. The summed E-state index contributed by atoms with van der Waals surface area (Å²) in [5, 5.41) is 5.17. The first-order valence-corrected chi connectivity index (χ1v) is 5.02. The third-order valence-corrected chi connectivity index (χ3v) is 2.78. The van der Waals surface area contributed by atoms with E-state index in [0.29, 0.717) is 0 Å². The molecule has 1 aliphatic carbocycles. The monoisotopic (exact) mass is 214 g/mol. The van der Waals surface area contributed by atoms with Gasteiger partial charge in [-0.25, -0.2) is 0 Å². The van der Waals surface area contributed by atoms with Crippen molar-refractivity contribution < 1.29 is 0 Å². The topological polar surface area (TPSA) is 17.8 Å². The van der Waals surface area contributed by atoms with Gasteiger partial charge in [0.05, 0.1) is 6.20 Å². The molecule has 0 bridgehead atoms. The molecule has 0 atom stereocenters. The Balaban J connectivity index is 2.38. The van der Waals surface area contributed by atoms with Crippen molar-refractivity contribution in [2.45, 2.75) is 24.1 Å². The Hall–Kier alpha value is -0.310. The average molecular weight is 215 g/mol. The number of aryl methyl sites for hydroxylation is 1. The van der Waals surface area contributed by atoms with Crippen LogP contribution < -0.4 is 0 Å². The SMILES string of the molecule is Cn1ncc(CBr)c1C1CC1. The molecule has 0 radical (unpaired) electrons. The van der Waals surface area contributed by atoms with Crippen LogP contribution in [0.15, 0.2) is 6.20 Å². The number of rotatable bonds is 2. The minimum atomic E-state index is 0.801. The van der Waals surface area contributed by atoms with E-state index < -0.39 is 0 Å². The quantitative estimate of drug-likeness (QED) is 0.691. The Bertz CT molecular complexity index is 263. The third-order valence-electron chi connectivity index (χ3n) is 2.17. The summed E-state index contributed by atoms with van der Waals surface area (Å²) in [7, 11) is 2.03. The third kappa shape index (κ3) is 1.22. The fourth-order valence-corrected chi connectivity index (χ4v) is 1.91. The Labute approximate surface area is 74.7 Å². The zero-order chi connectivity index (χ0) is 7.84. The van der Waals surface area contributed by atoms with Crippen LogP contribution >= 0.6 is 15.9 Å². The fourth-order valence-electron chi connectivity index (χ4n) is 1.48. The van der Waals surface area contributed by atoms with E-state index in [2.05, 4.69) is 21.0 Å². The van der Waals surface area contributed by atoms with Crippen LogP contribution in [0.1, 0.15) is 30.0 Å². The van der Waals surface area contributed by atoms with Gasteiger partial charge in [0.15, 0.2) is 0 Å². The zero-order valence-electron chi connectivity index (χ0n) is 6.55. The molecule has 0 unspecified atom stereocenters. The van der Waals surface area contributed by atoms with Crippen molar-refractivity contribution in [2.75, 3.05) is 0 Å². The minimum absolute atomic E-state index is 0.801. The lowest BCUT2D eigenvalue weighted by molar-refractivity contribution is 0.712. The van der Waals surface area contributed by atoms with Crippen LogP contribution in [0, 0.1) is 0 Å². The van der Waals surface area contributed by atoms with Crippen LogP contribution in [0.2, 0.25) is 0 Å². The highest BCUT2D eigenvalue weighted by atomic mass is 79.9. The molecule has 11 heavy (non-hydrogen) atoms. The van der Waals surface area contributed by atoms with Gasteiger partial charge in [0.25, 0.3) is 0 Å². The maximum Gasteiger partial charge on any atom is 0.0533 e. The second-order valence-corrected chi connectivity index (χ2v) is 3.65. The molecule has 1 aromatic heterocycles. The first-order valence-electron chi connectivity index (χ1n) is 3.89. The highest BCUT2D eigenvalue weighted by Gasteiger charge is 2.28. The van der Waals surface area contributed by atoms with E-state index in [-0.39, 0.29) is 0 Å². The van der Waals surface area contributed by atoms with E-state index in [9.17, 15) is 0 Å². The fraction of sp³-hybridized carbons (Fsp3) is 0.625. The summed E-state index contributed by atoms with van der Waals surface area (Å²) in [6.45, 7) is 0. The zero-order valence-corrected chi connectivity index (χ0v) is 8.13. The van der Waals surface area contributed by atoms with Gasteiger partial charge in [0.2, 0.25) is 0 Å². The van der Waals surface area contributed by atoms with E-state index in [4.69, 9.17) is 0 Å². The van der Waals surface area contributed by atoms with Crippen molar-refractivity contribution >= 4 is 15.9 Å². The van der Waals surface area contributed by atoms with Crippen molar-refractivity contribution in [2.24, 2.45) is 7.05 Å². The molecular weight excluding hydrogens is 204 g/mol. The first-order chi connectivity index (χ1) is 5.33. The lowest BCUT2D eigenvalue weighted by Crippen LogP contribution is -1.97. The number of halogens is 1. The second kappa shape index (κ2) is 2.63. The predicted molar refractivity (Wildman–Crippen MR) is 47.8 cm³/mol. The number of nitrogens with zero attached hydrogens (tertiary/aromatic N) is 2. The summed E-state index contributed by atoms with van der Waals surface area (Å²) in [5.41, 5.74) is 2.79. The number of hydrogen-bond donors (Lipinski definition) is 0. The average Bonchev–Trinajstić information content (AvgIpc) is 2.76. The maximum atomic E-state index is 4.24. The van der Waals surface area contributed by atoms with Crippen molar-refractivity contribution in [1.29, 1.82) is 0 Å². The molecule has 1 aliphatic rings. The molecule has 0 spiro atoms. The molecule has 0 aliphatic heterocycles. The maximum absolute atomic E-state index is 4.24. The molecule has 0 aromatic carbocycles. The number of aromatic nitrogens is 2. The van der Waals surface area contributed by atoms with Gasteiger partial charge in [-0.05, 0) is 12.8 Å². The smallest absolute Gasteiger partial charge is 0.0533 e. The molecule has 1 fully saturated rings. The Morgan fingerprint density at radius 2 is 2.45 bits per heavy atom. The van der Waals surface area contributed by atoms with Crippen molar-refractivity contribution in [1.82, 2.24) is 9.78 Å². The number of alkyl halides is 1. The van der Waals surface area contributed by atoms with E-state index in [0.717, 1.165) is 11.2 Å². The van der Waals surface area contributed by atoms with Gasteiger partial charge in [-0.2, -0.15) is 5.10 Å². The summed E-state index contributed by atoms with van der Waals surface area (Å²) < 4.78 is 2.01. The van der Waals surface area contributed by atoms with Gasteiger partial charge in [-0.1, -0.05) is 15.9 Å². The van der Waals surface area contributed by atoms with Crippen LogP contribution in [-0.2, 0) is 12.4 Å². The van der Waals surface area contributed by atoms with Crippen LogP contribution in [-0.4, -0.2) is 9.78 Å². The van der Waals surface area contributed by atoms with Crippen LogP contribution in [0.5, 0.6) is 0 Å². The van der Waals surface area contributed by atoms with Crippen LogP contribution in [0.3, 0.4) is 0 Å². The van der Waals surface area contributed by atoms with Gasteiger partial charge in [0, 0.05) is 29.6 Å². The van der Waals surface area contributed by atoms with Gasteiger partial charge < -0.3 is 0 Å². The molecular formula is C8H11BrN2. The molecule has 2 nitrogen and oxygen atoms in total. The van der Waals surface area contributed by atoms with Gasteiger partial charge in [-0.15, -0.1) is 0 Å². The second-order valence-electron chi connectivity index (χ2n) is 3.09. The largest absolute Gasteiger partial charge is 0.272 e. The molecule has 0 saturated heterocycles. The van der Waals surface area contributed by atoms with Gasteiger partial charge in [0.1, 0.15) is 0 Å². The molecule has 1 saturated carbocycles. The summed E-state index contributed by atoms with van der Waals surface area (Å²) in [6, 6.07) is 0. The van der Waals surface area contributed by atoms with Crippen LogP contribution in [0.25, 0.3) is 0 Å². The molecule has 1 aromatic rings. The van der Waals surface area contributed by atoms with Crippen molar-refractivity contribution in [3.8, 4) is 0 Å². The van der Waals surface area contributed by atoms with Crippen molar-refractivity contribution in [3.05, 3.63) is 17.5 Å².